The highest BCUT2D eigenvalue weighted by molar-refractivity contribution is 6.02. The van der Waals surface area contributed by atoms with Crippen LogP contribution < -0.4 is 5.32 Å². The maximum absolute atomic E-state index is 11.3. The second-order valence-corrected chi connectivity index (χ2v) is 3.74. The van der Waals surface area contributed by atoms with E-state index in [1.807, 2.05) is 6.92 Å². The van der Waals surface area contributed by atoms with Gasteiger partial charge in [-0.15, -0.1) is 0 Å². The van der Waals surface area contributed by atoms with E-state index in [0.717, 1.165) is 6.42 Å². The molecular weight excluding hydrogens is 172 g/mol. The zero-order valence-electron chi connectivity index (χ0n) is 7.50. The molecule has 13 heavy (non-hydrogen) atoms. The molecule has 0 spiro atoms. The first-order valence-corrected chi connectivity index (χ1v) is 4.31. The summed E-state index contributed by atoms with van der Waals surface area (Å²) in [6, 6.07) is -0.294. The Kier molecular flexibility index (Phi) is 1.76. The first-order chi connectivity index (χ1) is 6.12. The normalized spacial score (nSPS) is 34.1. The fourth-order valence-electron chi connectivity index (χ4n) is 1.75. The van der Waals surface area contributed by atoms with Crippen molar-refractivity contribution in [3.8, 4) is 0 Å². The summed E-state index contributed by atoms with van der Waals surface area (Å²) in [6.45, 7) is 3.29. The molecule has 2 rings (SSSR count). The number of carbonyl (C=O) groups is 2. The number of imide groups is 1. The van der Waals surface area contributed by atoms with E-state index < -0.39 is 0 Å². The number of rotatable bonds is 1. The summed E-state index contributed by atoms with van der Waals surface area (Å²) in [5.74, 6) is -0.224. The predicted octanol–water partition coefficient (Wildman–Crippen LogP) is -0.283. The van der Waals surface area contributed by atoms with E-state index in [1.54, 1.807) is 4.90 Å². The summed E-state index contributed by atoms with van der Waals surface area (Å²) in [5, 5.41) is 2.26. The molecule has 2 aliphatic rings. The van der Waals surface area contributed by atoms with Crippen molar-refractivity contribution in [1.29, 1.82) is 0 Å². The summed E-state index contributed by atoms with van der Waals surface area (Å²) in [7, 11) is 0. The lowest BCUT2D eigenvalue weighted by Crippen LogP contribution is -2.48. The van der Waals surface area contributed by atoms with E-state index in [9.17, 15) is 9.59 Å². The van der Waals surface area contributed by atoms with Gasteiger partial charge in [-0.2, -0.15) is 0 Å². The second kappa shape index (κ2) is 2.70. The van der Waals surface area contributed by atoms with E-state index in [4.69, 9.17) is 4.74 Å². The zero-order chi connectivity index (χ0) is 9.47. The minimum absolute atomic E-state index is 0.165. The summed E-state index contributed by atoms with van der Waals surface area (Å²) in [6.07, 6.45) is 0.799. The van der Waals surface area contributed by atoms with Gasteiger partial charge in [0.1, 0.15) is 6.54 Å². The second-order valence-electron chi connectivity index (χ2n) is 3.74. The molecule has 1 N–H and O–H groups in total. The number of amides is 3. The van der Waals surface area contributed by atoms with Crippen LogP contribution in [0.2, 0.25) is 0 Å². The predicted molar refractivity (Wildman–Crippen MR) is 44.1 cm³/mol. The molecule has 2 heterocycles. The van der Waals surface area contributed by atoms with Crippen molar-refractivity contribution in [2.75, 3.05) is 19.8 Å². The number of ether oxygens (including phenoxy) is 1. The van der Waals surface area contributed by atoms with Crippen molar-refractivity contribution in [2.24, 2.45) is 0 Å². The molecule has 5 heteroatoms. The van der Waals surface area contributed by atoms with Gasteiger partial charge in [0.25, 0.3) is 0 Å². The van der Waals surface area contributed by atoms with E-state index in [2.05, 4.69) is 5.32 Å². The van der Waals surface area contributed by atoms with Gasteiger partial charge >= 0.3 is 6.03 Å². The first-order valence-electron chi connectivity index (χ1n) is 4.31. The Balaban J connectivity index is 2.16. The number of urea groups is 1. The maximum Gasteiger partial charge on any atom is 0.325 e. The van der Waals surface area contributed by atoms with E-state index in [-0.39, 0.29) is 24.0 Å². The third-order valence-corrected chi connectivity index (χ3v) is 2.64. The van der Waals surface area contributed by atoms with E-state index in [0.29, 0.717) is 13.2 Å². The lowest BCUT2D eigenvalue weighted by Gasteiger charge is -2.31. The molecule has 0 saturated carbocycles. The smallest absolute Gasteiger partial charge is 0.325 e. The molecule has 0 aromatic heterocycles. The molecule has 3 amide bonds. The zero-order valence-corrected chi connectivity index (χ0v) is 7.50. The lowest BCUT2D eigenvalue weighted by atomic mass is 10.00. The Hall–Kier alpha value is -1.10. The average molecular weight is 184 g/mol. The van der Waals surface area contributed by atoms with Crippen molar-refractivity contribution in [2.45, 2.75) is 18.9 Å². The average Bonchev–Trinajstić information content (AvgIpc) is 2.59. The number of carbonyl (C=O) groups excluding carboxylic acids is 2. The van der Waals surface area contributed by atoms with Gasteiger partial charge in [-0.1, -0.05) is 0 Å². The van der Waals surface area contributed by atoms with Crippen LogP contribution in [0.3, 0.4) is 0 Å². The molecule has 2 aliphatic heterocycles. The van der Waals surface area contributed by atoms with E-state index in [1.165, 1.54) is 0 Å². The van der Waals surface area contributed by atoms with Gasteiger partial charge in [0.05, 0.1) is 12.1 Å². The molecule has 72 valence electrons. The molecule has 2 fully saturated rings. The minimum Gasteiger partial charge on any atom is -0.379 e. The van der Waals surface area contributed by atoms with Crippen LogP contribution in [0.15, 0.2) is 0 Å². The molecule has 0 aromatic rings. The third-order valence-electron chi connectivity index (χ3n) is 2.64. The van der Waals surface area contributed by atoms with Crippen molar-refractivity contribution < 1.29 is 14.3 Å². The van der Waals surface area contributed by atoms with Gasteiger partial charge in [0, 0.05) is 6.61 Å². The van der Waals surface area contributed by atoms with Crippen LogP contribution in [-0.2, 0) is 9.53 Å². The summed E-state index contributed by atoms with van der Waals surface area (Å²) in [5.41, 5.74) is -0.295. The van der Waals surface area contributed by atoms with Crippen LogP contribution in [-0.4, -0.2) is 42.1 Å². The highest BCUT2D eigenvalue weighted by Crippen LogP contribution is 2.26. The fraction of sp³-hybridized carbons (Fsp3) is 0.750. The molecule has 1 atom stereocenters. The van der Waals surface area contributed by atoms with Crippen molar-refractivity contribution in [3.63, 3.8) is 0 Å². The van der Waals surface area contributed by atoms with Crippen LogP contribution in [0, 0.1) is 0 Å². The molecule has 2 saturated heterocycles. The highest BCUT2D eigenvalue weighted by atomic mass is 16.5. The summed E-state index contributed by atoms with van der Waals surface area (Å²) in [4.78, 5) is 23.8. The van der Waals surface area contributed by atoms with Crippen LogP contribution >= 0.6 is 0 Å². The highest BCUT2D eigenvalue weighted by Gasteiger charge is 2.43. The van der Waals surface area contributed by atoms with Crippen molar-refractivity contribution >= 4 is 11.9 Å². The fourth-order valence-corrected chi connectivity index (χ4v) is 1.75. The molecule has 0 aliphatic carbocycles. The van der Waals surface area contributed by atoms with Gasteiger partial charge in [-0.25, -0.2) is 4.79 Å². The van der Waals surface area contributed by atoms with Gasteiger partial charge in [0.15, 0.2) is 0 Å². The molecule has 0 aromatic carbocycles. The number of hydrogen-bond acceptors (Lipinski definition) is 3. The van der Waals surface area contributed by atoms with Gasteiger partial charge in [-0.3, -0.25) is 10.1 Å². The van der Waals surface area contributed by atoms with Crippen LogP contribution in [0.25, 0.3) is 0 Å². The molecule has 1 unspecified atom stereocenters. The monoisotopic (exact) mass is 184 g/mol. The molecule has 5 nitrogen and oxygen atoms in total. The number of hydrogen-bond donors (Lipinski definition) is 1. The Morgan fingerprint density at radius 2 is 2.31 bits per heavy atom. The third kappa shape index (κ3) is 1.29. The maximum atomic E-state index is 11.3. The number of nitrogens with one attached hydrogen (secondary N) is 1. The quantitative estimate of drug-likeness (QED) is 0.570. The van der Waals surface area contributed by atoms with Crippen LogP contribution in [0.4, 0.5) is 4.79 Å². The summed E-state index contributed by atoms with van der Waals surface area (Å²) >= 11 is 0. The standard InChI is InChI=1S/C8H12N2O3/c1-8(2-3-13-5-8)10-4-6(11)9-7(10)12/h2-5H2,1H3,(H,9,11,12). The first kappa shape index (κ1) is 8.50. The SMILES string of the molecule is CC1(N2CC(=O)NC2=O)CCOC1. The van der Waals surface area contributed by atoms with Gasteiger partial charge < -0.3 is 9.64 Å². The van der Waals surface area contributed by atoms with Crippen LogP contribution in [0.5, 0.6) is 0 Å². The Morgan fingerprint density at radius 1 is 1.54 bits per heavy atom. The summed E-state index contributed by atoms with van der Waals surface area (Å²) < 4.78 is 5.22. The van der Waals surface area contributed by atoms with Crippen LogP contribution in [0.1, 0.15) is 13.3 Å². The van der Waals surface area contributed by atoms with Gasteiger partial charge in [-0.05, 0) is 13.3 Å². The Bertz CT molecular complexity index is 258. The Morgan fingerprint density at radius 3 is 2.77 bits per heavy atom. The Labute approximate surface area is 76.0 Å². The van der Waals surface area contributed by atoms with Gasteiger partial charge in [0.2, 0.25) is 5.91 Å². The minimum atomic E-state index is -0.295. The van der Waals surface area contributed by atoms with Crippen molar-refractivity contribution in [3.05, 3.63) is 0 Å². The lowest BCUT2D eigenvalue weighted by molar-refractivity contribution is -0.118. The number of nitrogens with zero attached hydrogens (tertiary/aromatic N) is 1. The topological polar surface area (TPSA) is 58.6 Å². The van der Waals surface area contributed by atoms with Crippen molar-refractivity contribution in [1.82, 2.24) is 10.2 Å². The largest absolute Gasteiger partial charge is 0.379 e. The molecular formula is C8H12N2O3. The molecule has 0 bridgehead atoms. The molecule has 0 radical (unpaired) electrons. The van der Waals surface area contributed by atoms with E-state index >= 15 is 0 Å².